The number of nitrogen functional groups attached to an aromatic ring is 1. The van der Waals surface area contributed by atoms with Crippen molar-refractivity contribution in [1.29, 1.82) is 0 Å². The molecule has 1 aromatic heterocycles. The summed E-state index contributed by atoms with van der Waals surface area (Å²) < 4.78 is 5.82. The number of nitrogens with two attached hydrogens (primary N) is 1. The summed E-state index contributed by atoms with van der Waals surface area (Å²) in [4.78, 5) is 23.7. The maximum atomic E-state index is 12.7. The fraction of sp³-hybridized carbons (Fsp3) is 0.455. The van der Waals surface area contributed by atoms with Gasteiger partial charge in [-0.25, -0.2) is 9.78 Å². The van der Waals surface area contributed by atoms with Crippen molar-refractivity contribution in [1.82, 2.24) is 19.7 Å². The van der Waals surface area contributed by atoms with E-state index in [1.807, 2.05) is 7.05 Å². The van der Waals surface area contributed by atoms with Crippen molar-refractivity contribution in [2.24, 2.45) is 0 Å². The summed E-state index contributed by atoms with van der Waals surface area (Å²) in [6.07, 6.45) is 3.62. The lowest BCUT2D eigenvalue weighted by Gasteiger charge is -2.47. The Balaban J connectivity index is 1.29. The Labute approximate surface area is 177 Å². The molecule has 0 spiro atoms. The van der Waals surface area contributed by atoms with E-state index in [-0.39, 0.29) is 12.1 Å². The van der Waals surface area contributed by atoms with Crippen LogP contribution in [0.4, 0.5) is 16.3 Å². The number of carbonyl (C=O) groups excluding carboxylic acids is 1. The molecule has 1 aromatic carbocycles. The minimum atomic E-state index is -0.144. The number of carbonyl (C=O) groups is 1. The number of likely N-dealkylation sites (N-methyl/N-ethyl adjacent to an activating group) is 1. The highest BCUT2D eigenvalue weighted by Crippen LogP contribution is 2.25. The summed E-state index contributed by atoms with van der Waals surface area (Å²) in [5.41, 5.74) is 6.38. The molecule has 3 heterocycles. The van der Waals surface area contributed by atoms with Gasteiger partial charge in [0, 0.05) is 63.3 Å². The molecular formula is C22H30N6O2. The minimum Gasteiger partial charge on any atom is -0.457 e. The van der Waals surface area contributed by atoms with Gasteiger partial charge in [0.05, 0.1) is 0 Å². The standard InChI is InChI=1S/C22H30N6O2/c1-26-14-18(15-26)28-11-8-17(9-12-28)27(2)22(29)25-21-13-20(7-10-24-21)30-19-5-3-16(23)4-6-19/h3-7,10,13,17-18H,8-9,11-12,14-15,23H2,1-2H3,(H,24,25,29). The Morgan fingerprint density at radius 1 is 1.17 bits per heavy atom. The fourth-order valence-electron chi connectivity index (χ4n) is 4.11. The van der Waals surface area contributed by atoms with Crippen LogP contribution < -0.4 is 15.8 Å². The van der Waals surface area contributed by atoms with Crippen molar-refractivity contribution < 1.29 is 9.53 Å². The van der Waals surface area contributed by atoms with Gasteiger partial charge in [-0.2, -0.15) is 0 Å². The Bertz CT molecular complexity index is 860. The minimum absolute atomic E-state index is 0.144. The molecule has 0 aliphatic carbocycles. The summed E-state index contributed by atoms with van der Waals surface area (Å²) >= 11 is 0. The van der Waals surface area contributed by atoms with Crippen LogP contribution in [0.2, 0.25) is 0 Å². The first kappa shape index (κ1) is 20.4. The number of ether oxygens (including phenoxy) is 1. The zero-order chi connectivity index (χ0) is 21.1. The van der Waals surface area contributed by atoms with Crippen molar-refractivity contribution in [2.45, 2.75) is 24.9 Å². The van der Waals surface area contributed by atoms with Gasteiger partial charge in [0.2, 0.25) is 0 Å². The van der Waals surface area contributed by atoms with Gasteiger partial charge in [-0.1, -0.05) is 0 Å². The lowest BCUT2D eigenvalue weighted by molar-refractivity contribution is 0.0257. The predicted molar refractivity (Wildman–Crippen MR) is 118 cm³/mol. The number of amides is 2. The monoisotopic (exact) mass is 410 g/mol. The van der Waals surface area contributed by atoms with E-state index in [0.29, 0.717) is 29.0 Å². The molecule has 0 atom stereocenters. The van der Waals surface area contributed by atoms with Crippen LogP contribution in [0.1, 0.15) is 12.8 Å². The van der Waals surface area contributed by atoms with Crippen LogP contribution in [0, 0.1) is 0 Å². The summed E-state index contributed by atoms with van der Waals surface area (Å²) in [5, 5.41) is 2.89. The van der Waals surface area contributed by atoms with Crippen molar-refractivity contribution in [2.75, 3.05) is 51.3 Å². The molecule has 0 unspecified atom stereocenters. The molecule has 0 saturated carbocycles. The van der Waals surface area contributed by atoms with E-state index >= 15 is 0 Å². The SMILES string of the molecule is CN1CC(N2CCC(N(C)C(=O)Nc3cc(Oc4ccc(N)cc4)ccn3)CC2)C1. The number of urea groups is 1. The number of hydrogen-bond acceptors (Lipinski definition) is 6. The summed E-state index contributed by atoms with van der Waals surface area (Å²) in [6, 6.07) is 11.4. The maximum Gasteiger partial charge on any atom is 0.323 e. The van der Waals surface area contributed by atoms with E-state index in [0.717, 1.165) is 39.0 Å². The second kappa shape index (κ2) is 8.89. The van der Waals surface area contributed by atoms with Crippen molar-refractivity contribution in [3.05, 3.63) is 42.6 Å². The van der Waals surface area contributed by atoms with E-state index in [1.54, 1.807) is 47.5 Å². The van der Waals surface area contributed by atoms with Crippen LogP contribution in [0.25, 0.3) is 0 Å². The molecule has 8 heteroatoms. The highest BCUT2D eigenvalue weighted by molar-refractivity contribution is 5.88. The highest BCUT2D eigenvalue weighted by Gasteiger charge is 2.33. The number of pyridine rings is 1. The van der Waals surface area contributed by atoms with Gasteiger partial charge >= 0.3 is 6.03 Å². The van der Waals surface area contributed by atoms with E-state index in [9.17, 15) is 4.79 Å². The lowest BCUT2D eigenvalue weighted by atomic mass is 9.99. The quantitative estimate of drug-likeness (QED) is 0.737. The smallest absolute Gasteiger partial charge is 0.323 e. The van der Waals surface area contributed by atoms with Crippen molar-refractivity contribution >= 4 is 17.5 Å². The molecule has 0 radical (unpaired) electrons. The third-order valence-electron chi connectivity index (χ3n) is 6.01. The van der Waals surface area contributed by atoms with E-state index in [1.165, 1.54) is 0 Å². The number of anilines is 2. The first-order chi connectivity index (χ1) is 14.5. The second-order valence-electron chi connectivity index (χ2n) is 8.23. The number of nitrogens with zero attached hydrogens (tertiary/aromatic N) is 4. The van der Waals surface area contributed by atoms with Crippen LogP contribution in [0.15, 0.2) is 42.6 Å². The molecule has 2 saturated heterocycles. The molecular weight excluding hydrogens is 380 g/mol. The first-order valence-corrected chi connectivity index (χ1v) is 10.4. The largest absolute Gasteiger partial charge is 0.457 e. The van der Waals surface area contributed by atoms with Crippen LogP contribution in [-0.4, -0.2) is 78.1 Å². The molecule has 2 fully saturated rings. The van der Waals surface area contributed by atoms with Gasteiger partial charge in [-0.05, 0) is 50.2 Å². The van der Waals surface area contributed by atoms with Gasteiger partial charge in [-0.15, -0.1) is 0 Å². The molecule has 2 amide bonds. The van der Waals surface area contributed by atoms with Crippen molar-refractivity contribution in [3.63, 3.8) is 0 Å². The maximum absolute atomic E-state index is 12.7. The molecule has 30 heavy (non-hydrogen) atoms. The highest BCUT2D eigenvalue weighted by atomic mass is 16.5. The Morgan fingerprint density at radius 3 is 2.53 bits per heavy atom. The lowest BCUT2D eigenvalue weighted by Crippen LogP contribution is -2.60. The van der Waals surface area contributed by atoms with Gasteiger partial charge < -0.3 is 20.3 Å². The zero-order valence-corrected chi connectivity index (χ0v) is 17.6. The summed E-state index contributed by atoms with van der Waals surface area (Å²) in [7, 11) is 4.02. The number of likely N-dealkylation sites (tertiary alicyclic amines) is 2. The van der Waals surface area contributed by atoms with Crippen LogP contribution in [-0.2, 0) is 0 Å². The number of aromatic nitrogens is 1. The average Bonchev–Trinajstić information content (AvgIpc) is 2.73. The molecule has 8 nitrogen and oxygen atoms in total. The third kappa shape index (κ3) is 4.83. The number of nitrogens with one attached hydrogen (secondary N) is 1. The fourth-order valence-corrected chi connectivity index (χ4v) is 4.11. The topological polar surface area (TPSA) is 87.0 Å². The summed E-state index contributed by atoms with van der Waals surface area (Å²) in [5.74, 6) is 1.75. The molecule has 3 N–H and O–H groups in total. The van der Waals surface area contributed by atoms with Gasteiger partial charge in [0.1, 0.15) is 17.3 Å². The molecule has 2 aliphatic heterocycles. The van der Waals surface area contributed by atoms with E-state index < -0.39 is 0 Å². The molecule has 160 valence electrons. The Morgan fingerprint density at radius 2 is 1.87 bits per heavy atom. The second-order valence-corrected chi connectivity index (χ2v) is 8.23. The average molecular weight is 411 g/mol. The number of benzene rings is 1. The van der Waals surface area contributed by atoms with Crippen molar-refractivity contribution in [3.8, 4) is 11.5 Å². The number of hydrogen-bond donors (Lipinski definition) is 2. The van der Waals surface area contributed by atoms with E-state index in [2.05, 4.69) is 27.1 Å². The summed E-state index contributed by atoms with van der Waals surface area (Å²) in [6.45, 7) is 4.40. The number of rotatable bonds is 5. The Kier molecular flexibility index (Phi) is 6.06. The van der Waals surface area contributed by atoms with Crippen LogP contribution >= 0.6 is 0 Å². The van der Waals surface area contributed by atoms with Crippen LogP contribution in [0.3, 0.4) is 0 Å². The number of piperidine rings is 1. The van der Waals surface area contributed by atoms with Gasteiger partial charge in [0.25, 0.3) is 0 Å². The normalized spacial score (nSPS) is 18.6. The first-order valence-electron chi connectivity index (χ1n) is 10.4. The van der Waals surface area contributed by atoms with Gasteiger partial charge in [-0.3, -0.25) is 10.2 Å². The zero-order valence-electron chi connectivity index (χ0n) is 17.6. The van der Waals surface area contributed by atoms with Gasteiger partial charge in [0.15, 0.2) is 0 Å². The van der Waals surface area contributed by atoms with E-state index in [4.69, 9.17) is 10.5 Å². The molecule has 4 rings (SSSR count). The molecule has 2 aliphatic rings. The third-order valence-corrected chi connectivity index (χ3v) is 6.01. The van der Waals surface area contributed by atoms with Crippen LogP contribution in [0.5, 0.6) is 11.5 Å². The predicted octanol–water partition coefficient (Wildman–Crippen LogP) is 2.70. The Hall–Kier alpha value is -2.84. The molecule has 2 aromatic rings. The molecule has 0 bridgehead atoms.